The quantitative estimate of drug-likeness (QED) is 0.856. The Kier molecular flexibility index (Phi) is 3.57. The first-order valence-electron chi connectivity index (χ1n) is 6.82. The molecule has 96 valence electrons. The standard InChI is InChI=1S/C14H25N3/c1-5-12-6-7-13(15)14(8-12)17-11(4)9(2)10(3)16-17/h12-14H,5-8,15H2,1-4H3. The van der Waals surface area contributed by atoms with Crippen molar-refractivity contribution in [1.82, 2.24) is 9.78 Å². The summed E-state index contributed by atoms with van der Waals surface area (Å²) in [6.45, 7) is 8.69. The second kappa shape index (κ2) is 4.81. The molecule has 0 spiro atoms. The van der Waals surface area contributed by atoms with Crippen LogP contribution in [0, 0.1) is 26.7 Å². The van der Waals surface area contributed by atoms with Crippen LogP contribution < -0.4 is 5.73 Å². The molecule has 2 rings (SSSR count). The van der Waals surface area contributed by atoms with Crippen LogP contribution in [0.4, 0.5) is 0 Å². The molecular formula is C14H25N3. The molecule has 1 heterocycles. The van der Waals surface area contributed by atoms with Crippen molar-refractivity contribution in [2.75, 3.05) is 0 Å². The van der Waals surface area contributed by atoms with E-state index in [1.807, 2.05) is 0 Å². The normalized spacial score (nSPS) is 29.6. The lowest BCUT2D eigenvalue weighted by molar-refractivity contribution is 0.214. The van der Waals surface area contributed by atoms with Crippen molar-refractivity contribution in [3.63, 3.8) is 0 Å². The van der Waals surface area contributed by atoms with Gasteiger partial charge >= 0.3 is 0 Å². The lowest BCUT2D eigenvalue weighted by Gasteiger charge is -2.34. The van der Waals surface area contributed by atoms with E-state index < -0.39 is 0 Å². The van der Waals surface area contributed by atoms with Gasteiger partial charge < -0.3 is 5.73 Å². The Morgan fingerprint density at radius 3 is 2.53 bits per heavy atom. The van der Waals surface area contributed by atoms with Crippen LogP contribution in [-0.2, 0) is 0 Å². The van der Waals surface area contributed by atoms with Crippen molar-refractivity contribution in [2.45, 2.75) is 65.5 Å². The van der Waals surface area contributed by atoms with Gasteiger partial charge in [0.05, 0.1) is 11.7 Å². The summed E-state index contributed by atoms with van der Waals surface area (Å²) in [6.07, 6.45) is 4.88. The summed E-state index contributed by atoms with van der Waals surface area (Å²) in [5.74, 6) is 0.823. The summed E-state index contributed by atoms with van der Waals surface area (Å²) in [5, 5.41) is 4.69. The fourth-order valence-corrected chi connectivity index (χ4v) is 2.97. The van der Waals surface area contributed by atoms with E-state index in [0.29, 0.717) is 6.04 Å². The van der Waals surface area contributed by atoms with Crippen LogP contribution in [0.1, 0.15) is 55.6 Å². The lowest BCUT2D eigenvalue weighted by Crippen LogP contribution is -2.38. The first-order valence-corrected chi connectivity index (χ1v) is 6.82. The molecule has 3 heteroatoms. The smallest absolute Gasteiger partial charge is 0.0675 e. The topological polar surface area (TPSA) is 43.8 Å². The average Bonchev–Trinajstić information content (AvgIpc) is 2.58. The van der Waals surface area contributed by atoms with Crippen molar-refractivity contribution in [2.24, 2.45) is 11.7 Å². The predicted molar refractivity (Wildman–Crippen MR) is 71.1 cm³/mol. The maximum atomic E-state index is 6.30. The first kappa shape index (κ1) is 12.6. The SMILES string of the molecule is CCC1CCC(N)C(n2nc(C)c(C)c2C)C1. The van der Waals surface area contributed by atoms with E-state index >= 15 is 0 Å². The van der Waals surface area contributed by atoms with E-state index in [-0.39, 0.29) is 6.04 Å². The number of hydrogen-bond acceptors (Lipinski definition) is 2. The molecule has 17 heavy (non-hydrogen) atoms. The Morgan fingerprint density at radius 1 is 1.29 bits per heavy atom. The molecule has 0 radical (unpaired) electrons. The third-order valence-electron chi connectivity index (χ3n) is 4.56. The minimum atomic E-state index is 0.273. The Balaban J connectivity index is 2.27. The molecule has 1 saturated carbocycles. The Bertz CT molecular complexity index is 394. The minimum absolute atomic E-state index is 0.273. The summed E-state index contributed by atoms with van der Waals surface area (Å²) in [5.41, 5.74) is 10.0. The average molecular weight is 235 g/mol. The van der Waals surface area contributed by atoms with Gasteiger partial charge in [-0.25, -0.2) is 0 Å². The van der Waals surface area contributed by atoms with Crippen LogP contribution >= 0.6 is 0 Å². The van der Waals surface area contributed by atoms with Gasteiger partial charge in [-0.3, -0.25) is 4.68 Å². The molecule has 0 saturated heterocycles. The van der Waals surface area contributed by atoms with E-state index in [0.717, 1.165) is 18.0 Å². The van der Waals surface area contributed by atoms with Crippen LogP contribution in [0.3, 0.4) is 0 Å². The van der Waals surface area contributed by atoms with Gasteiger partial charge in [-0.2, -0.15) is 5.10 Å². The highest BCUT2D eigenvalue weighted by molar-refractivity contribution is 5.23. The summed E-state index contributed by atoms with van der Waals surface area (Å²) < 4.78 is 2.19. The second-order valence-electron chi connectivity index (χ2n) is 5.56. The fourth-order valence-electron chi connectivity index (χ4n) is 2.97. The summed E-state index contributed by atoms with van der Waals surface area (Å²) >= 11 is 0. The molecule has 3 unspecified atom stereocenters. The number of aromatic nitrogens is 2. The van der Waals surface area contributed by atoms with Gasteiger partial charge in [0, 0.05) is 11.7 Å². The molecule has 3 nitrogen and oxygen atoms in total. The van der Waals surface area contributed by atoms with E-state index in [9.17, 15) is 0 Å². The van der Waals surface area contributed by atoms with E-state index in [2.05, 4.69) is 37.5 Å². The zero-order valence-electron chi connectivity index (χ0n) is 11.5. The number of aryl methyl sites for hydroxylation is 1. The molecule has 1 aliphatic carbocycles. The Hall–Kier alpha value is -0.830. The summed E-state index contributed by atoms with van der Waals surface area (Å²) in [6, 6.07) is 0.677. The van der Waals surface area contributed by atoms with E-state index in [1.165, 1.54) is 30.5 Å². The van der Waals surface area contributed by atoms with Gasteiger partial charge in [0.1, 0.15) is 0 Å². The van der Waals surface area contributed by atoms with Gasteiger partial charge in [0.25, 0.3) is 0 Å². The monoisotopic (exact) mass is 235 g/mol. The van der Waals surface area contributed by atoms with Crippen molar-refractivity contribution < 1.29 is 0 Å². The fraction of sp³-hybridized carbons (Fsp3) is 0.786. The van der Waals surface area contributed by atoms with Crippen molar-refractivity contribution in [3.05, 3.63) is 17.0 Å². The molecule has 1 aromatic heterocycles. The van der Waals surface area contributed by atoms with Crippen LogP contribution in [0.15, 0.2) is 0 Å². The number of rotatable bonds is 2. The highest BCUT2D eigenvalue weighted by Gasteiger charge is 2.30. The maximum absolute atomic E-state index is 6.30. The van der Waals surface area contributed by atoms with Crippen LogP contribution in [-0.4, -0.2) is 15.8 Å². The van der Waals surface area contributed by atoms with Crippen molar-refractivity contribution in [1.29, 1.82) is 0 Å². The van der Waals surface area contributed by atoms with Crippen molar-refractivity contribution in [3.8, 4) is 0 Å². The largest absolute Gasteiger partial charge is 0.326 e. The van der Waals surface area contributed by atoms with E-state index in [4.69, 9.17) is 5.73 Å². The molecule has 0 aromatic carbocycles. The molecule has 1 aliphatic rings. The van der Waals surface area contributed by atoms with Gasteiger partial charge in [-0.15, -0.1) is 0 Å². The maximum Gasteiger partial charge on any atom is 0.0675 e. The highest BCUT2D eigenvalue weighted by Crippen LogP contribution is 2.34. The molecular weight excluding hydrogens is 210 g/mol. The van der Waals surface area contributed by atoms with Gasteiger partial charge in [-0.1, -0.05) is 13.3 Å². The molecule has 1 fully saturated rings. The molecule has 0 aliphatic heterocycles. The second-order valence-corrected chi connectivity index (χ2v) is 5.56. The molecule has 0 amide bonds. The van der Waals surface area contributed by atoms with E-state index in [1.54, 1.807) is 0 Å². The molecule has 2 N–H and O–H groups in total. The number of nitrogens with zero attached hydrogens (tertiary/aromatic N) is 2. The number of nitrogens with two attached hydrogens (primary N) is 1. The lowest BCUT2D eigenvalue weighted by atomic mass is 9.81. The third kappa shape index (κ3) is 2.25. The zero-order chi connectivity index (χ0) is 12.6. The highest BCUT2D eigenvalue weighted by atomic mass is 15.3. The zero-order valence-corrected chi connectivity index (χ0v) is 11.5. The number of hydrogen-bond donors (Lipinski definition) is 1. The molecule has 3 atom stereocenters. The molecule has 0 bridgehead atoms. The van der Waals surface area contributed by atoms with Crippen LogP contribution in [0.5, 0.6) is 0 Å². The van der Waals surface area contributed by atoms with Gasteiger partial charge in [0.2, 0.25) is 0 Å². The Labute approximate surface area is 104 Å². The molecule has 1 aromatic rings. The van der Waals surface area contributed by atoms with Crippen molar-refractivity contribution >= 4 is 0 Å². The van der Waals surface area contributed by atoms with Gasteiger partial charge in [0.15, 0.2) is 0 Å². The summed E-state index contributed by atoms with van der Waals surface area (Å²) in [7, 11) is 0. The van der Waals surface area contributed by atoms with Crippen LogP contribution in [0.25, 0.3) is 0 Å². The minimum Gasteiger partial charge on any atom is -0.326 e. The first-order chi connectivity index (χ1) is 8.04. The Morgan fingerprint density at radius 2 is 2.00 bits per heavy atom. The summed E-state index contributed by atoms with van der Waals surface area (Å²) in [4.78, 5) is 0. The predicted octanol–water partition coefficient (Wildman–Crippen LogP) is 2.89. The van der Waals surface area contributed by atoms with Gasteiger partial charge in [-0.05, 0) is 51.5 Å². The third-order valence-corrected chi connectivity index (χ3v) is 4.56. The van der Waals surface area contributed by atoms with Crippen LogP contribution in [0.2, 0.25) is 0 Å².